The van der Waals surface area contributed by atoms with E-state index in [1.807, 2.05) is 20.8 Å². The zero-order chi connectivity index (χ0) is 26.4. The SMILES string of the molecule is C=CCN(C(=O)C1N([C@@H](CO)[C@@H](C)CC)C(=O)[C@@H]2[C@H](C(=O)O)[C@]3(CC)CCC12O3)c1ccc(Cl)cc1. The number of benzene rings is 1. The van der Waals surface area contributed by atoms with Crippen LogP contribution in [-0.4, -0.2) is 69.3 Å². The van der Waals surface area contributed by atoms with Gasteiger partial charge in [0.2, 0.25) is 5.91 Å². The van der Waals surface area contributed by atoms with Crippen LogP contribution < -0.4 is 4.90 Å². The number of carboxylic acids is 1. The molecule has 2 amide bonds. The van der Waals surface area contributed by atoms with E-state index in [-0.39, 0.29) is 25.0 Å². The standard InChI is InChI=1S/C27H35ClN2O6/c1-5-14-29(18-10-8-17(28)9-11-18)24(33)22-27-13-12-26(7-3,36-27)21(25(34)35)20(27)23(32)30(22)19(15-31)16(4)6-2/h5,8-11,16,19-22,31H,1,6-7,12-15H2,2-4H3,(H,34,35)/t16-,19-,20-,21+,22?,26-,27?/m0/s1. The molecule has 1 aromatic carbocycles. The van der Waals surface area contributed by atoms with Gasteiger partial charge in [-0.15, -0.1) is 6.58 Å². The fraction of sp³-hybridized carbons (Fsp3) is 0.593. The van der Waals surface area contributed by atoms with E-state index in [1.54, 1.807) is 30.3 Å². The maximum Gasteiger partial charge on any atom is 0.310 e. The molecule has 2 unspecified atom stereocenters. The quantitative estimate of drug-likeness (QED) is 0.459. The third-order valence-corrected chi connectivity index (χ3v) is 8.93. The zero-order valence-electron chi connectivity index (χ0n) is 21.0. The summed E-state index contributed by atoms with van der Waals surface area (Å²) in [5.41, 5.74) is -1.70. The maximum absolute atomic E-state index is 14.4. The van der Waals surface area contributed by atoms with Crippen LogP contribution in [-0.2, 0) is 19.1 Å². The number of likely N-dealkylation sites (tertiary alicyclic amines) is 1. The van der Waals surface area contributed by atoms with Crippen LogP contribution in [0.2, 0.25) is 5.02 Å². The number of carboxylic acid groups (broad SMARTS) is 1. The van der Waals surface area contributed by atoms with Crippen LogP contribution in [0.3, 0.4) is 0 Å². The normalized spacial score (nSPS) is 32.3. The number of aliphatic carboxylic acids is 1. The number of anilines is 1. The molecule has 2 N–H and O–H groups in total. The van der Waals surface area contributed by atoms with Crippen molar-refractivity contribution in [1.29, 1.82) is 0 Å². The van der Waals surface area contributed by atoms with Crippen LogP contribution in [0.1, 0.15) is 46.5 Å². The maximum atomic E-state index is 14.4. The minimum Gasteiger partial charge on any atom is -0.481 e. The predicted octanol–water partition coefficient (Wildman–Crippen LogP) is 3.51. The number of nitrogens with zero attached hydrogens (tertiary/aromatic N) is 2. The lowest BCUT2D eigenvalue weighted by Gasteiger charge is -2.41. The Balaban J connectivity index is 1.88. The fourth-order valence-electron chi connectivity index (χ4n) is 6.70. The van der Waals surface area contributed by atoms with E-state index >= 15 is 0 Å². The molecule has 2 bridgehead atoms. The summed E-state index contributed by atoms with van der Waals surface area (Å²) in [5.74, 6) is -4.06. The summed E-state index contributed by atoms with van der Waals surface area (Å²) in [6.45, 7) is 9.37. The van der Waals surface area contributed by atoms with Gasteiger partial charge in [0.15, 0.2) is 0 Å². The second-order valence-corrected chi connectivity index (χ2v) is 10.7. The Morgan fingerprint density at radius 3 is 2.50 bits per heavy atom. The molecular weight excluding hydrogens is 484 g/mol. The van der Waals surface area contributed by atoms with Gasteiger partial charge in [0.25, 0.3) is 5.91 Å². The molecule has 0 aromatic heterocycles. The van der Waals surface area contributed by atoms with Crippen molar-refractivity contribution in [1.82, 2.24) is 4.90 Å². The van der Waals surface area contributed by atoms with Crippen LogP contribution in [0, 0.1) is 17.8 Å². The topological polar surface area (TPSA) is 107 Å². The molecule has 8 nitrogen and oxygen atoms in total. The summed E-state index contributed by atoms with van der Waals surface area (Å²) in [6, 6.07) is 5.08. The number of fused-ring (bicyclic) bond motifs is 1. The lowest BCUT2D eigenvalue weighted by atomic mass is 9.65. The molecule has 3 fully saturated rings. The van der Waals surface area contributed by atoms with E-state index in [1.165, 1.54) is 9.80 Å². The van der Waals surface area contributed by atoms with Crippen molar-refractivity contribution in [3.05, 3.63) is 41.9 Å². The Bertz CT molecular complexity index is 1050. The number of carbonyl (C=O) groups excluding carboxylic acids is 2. The number of amides is 2. The first-order valence-corrected chi connectivity index (χ1v) is 13.0. The van der Waals surface area contributed by atoms with Crippen LogP contribution in [0.25, 0.3) is 0 Å². The van der Waals surface area contributed by atoms with Crippen molar-refractivity contribution < 1.29 is 29.3 Å². The summed E-state index contributed by atoms with van der Waals surface area (Å²) in [5, 5.41) is 21.1. The van der Waals surface area contributed by atoms with Gasteiger partial charge in [-0.2, -0.15) is 0 Å². The monoisotopic (exact) mass is 518 g/mol. The van der Waals surface area contributed by atoms with Gasteiger partial charge < -0.3 is 24.7 Å². The number of carbonyl (C=O) groups is 3. The Hall–Kier alpha value is -2.42. The van der Waals surface area contributed by atoms with Crippen molar-refractivity contribution in [2.24, 2.45) is 17.8 Å². The van der Waals surface area contributed by atoms with Gasteiger partial charge in [0, 0.05) is 17.3 Å². The molecule has 3 saturated heterocycles. The second-order valence-electron chi connectivity index (χ2n) is 10.3. The molecule has 3 aliphatic rings. The van der Waals surface area contributed by atoms with Gasteiger partial charge >= 0.3 is 5.97 Å². The smallest absolute Gasteiger partial charge is 0.310 e. The highest BCUT2D eigenvalue weighted by molar-refractivity contribution is 6.30. The van der Waals surface area contributed by atoms with Gasteiger partial charge in [-0.3, -0.25) is 14.4 Å². The molecule has 1 spiro atoms. The van der Waals surface area contributed by atoms with Crippen molar-refractivity contribution in [2.75, 3.05) is 18.1 Å². The Morgan fingerprint density at radius 2 is 1.97 bits per heavy atom. The fourth-order valence-corrected chi connectivity index (χ4v) is 6.83. The Morgan fingerprint density at radius 1 is 1.31 bits per heavy atom. The van der Waals surface area contributed by atoms with Crippen molar-refractivity contribution >= 4 is 35.1 Å². The van der Waals surface area contributed by atoms with Crippen molar-refractivity contribution in [2.45, 2.75) is 69.7 Å². The molecule has 36 heavy (non-hydrogen) atoms. The summed E-state index contributed by atoms with van der Waals surface area (Å²) in [6.07, 6.45) is 3.55. The average molecular weight is 519 g/mol. The number of halogens is 1. The highest BCUT2D eigenvalue weighted by atomic mass is 35.5. The molecule has 0 radical (unpaired) electrons. The van der Waals surface area contributed by atoms with E-state index in [9.17, 15) is 24.6 Å². The van der Waals surface area contributed by atoms with Crippen molar-refractivity contribution in [3.63, 3.8) is 0 Å². The van der Waals surface area contributed by atoms with Gasteiger partial charge in [-0.05, 0) is 49.4 Å². The molecule has 9 heteroatoms. The number of hydrogen-bond acceptors (Lipinski definition) is 5. The van der Waals surface area contributed by atoms with E-state index in [4.69, 9.17) is 16.3 Å². The minimum atomic E-state index is -1.28. The Labute approximate surface area is 216 Å². The number of rotatable bonds is 10. The molecular formula is C27H35ClN2O6. The van der Waals surface area contributed by atoms with E-state index in [0.29, 0.717) is 36.4 Å². The molecule has 7 atom stereocenters. The summed E-state index contributed by atoms with van der Waals surface area (Å²) in [4.78, 5) is 44.1. The third-order valence-electron chi connectivity index (χ3n) is 8.68. The van der Waals surface area contributed by atoms with Gasteiger partial charge in [0.05, 0.1) is 24.2 Å². The van der Waals surface area contributed by atoms with E-state index in [0.717, 1.165) is 0 Å². The second kappa shape index (κ2) is 9.80. The first kappa shape index (κ1) is 26.6. The lowest BCUT2D eigenvalue weighted by molar-refractivity contribution is -0.158. The van der Waals surface area contributed by atoms with E-state index < -0.39 is 47.0 Å². The molecule has 196 valence electrons. The Kier molecular flexibility index (Phi) is 7.25. The molecule has 0 aliphatic carbocycles. The van der Waals surface area contributed by atoms with Gasteiger partial charge in [0.1, 0.15) is 17.6 Å². The molecule has 3 aliphatic heterocycles. The summed E-state index contributed by atoms with van der Waals surface area (Å²) < 4.78 is 6.60. The number of aliphatic hydroxyl groups excluding tert-OH is 1. The number of aliphatic hydroxyl groups is 1. The van der Waals surface area contributed by atoms with Crippen molar-refractivity contribution in [3.8, 4) is 0 Å². The van der Waals surface area contributed by atoms with Crippen LogP contribution in [0.15, 0.2) is 36.9 Å². The molecule has 0 saturated carbocycles. The van der Waals surface area contributed by atoms with Gasteiger partial charge in [-0.25, -0.2) is 0 Å². The minimum absolute atomic E-state index is 0.117. The largest absolute Gasteiger partial charge is 0.481 e. The van der Waals surface area contributed by atoms with Crippen LogP contribution in [0.4, 0.5) is 5.69 Å². The highest BCUT2D eigenvalue weighted by Crippen LogP contribution is 2.64. The summed E-state index contributed by atoms with van der Waals surface area (Å²) >= 11 is 6.07. The van der Waals surface area contributed by atoms with Crippen LogP contribution >= 0.6 is 11.6 Å². The molecule has 1 aromatic rings. The number of hydrogen-bond donors (Lipinski definition) is 2. The zero-order valence-corrected chi connectivity index (χ0v) is 21.8. The first-order valence-electron chi connectivity index (χ1n) is 12.7. The highest BCUT2D eigenvalue weighted by Gasteiger charge is 2.79. The predicted molar refractivity (Wildman–Crippen MR) is 136 cm³/mol. The van der Waals surface area contributed by atoms with Gasteiger partial charge in [-0.1, -0.05) is 44.9 Å². The lowest BCUT2D eigenvalue weighted by Crippen LogP contribution is -2.60. The summed E-state index contributed by atoms with van der Waals surface area (Å²) in [7, 11) is 0. The number of ether oxygens (including phenoxy) is 1. The molecule has 3 heterocycles. The molecule has 4 rings (SSSR count). The van der Waals surface area contributed by atoms with E-state index in [2.05, 4.69) is 6.58 Å². The third kappa shape index (κ3) is 3.76. The average Bonchev–Trinajstić information content (AvgIpc) is 3.47. The van der Waals surface area contributed by atoms with Crippen LogP contribution in [0.5, 0.6) is 0 Å². The first-order chi connectivity index (χ1) is 17.1.